The normalized spacial score (nSPS) is 16.5. The van der Waals surface area contributed by atoms with Crippen LogP contribution in [0.5, 0.6) is 0 Å². The van der Waals surface area contributed by atoms with E-state index in [1.807, 2.05) is 6.20 Å². The Morgan fingerprint density at radius 3 is 2.82 bits per heavy atom. The zero-order valence-corrected chi connectivity index (χ0v) is 10.9. The highest BCUT2D eigenvalue weighted by Crippen LogP contribution is 2.28. The highest BCUT2D eigenvalue weighted by Gasteiger charge is 2.13. The lowest BCUT2D eigenvalue weighted by Gasteiger charge is -2.09. The van der Waals surface area contributed by atoms with Crippen LogP contribution >= 0.6 is 0 Å². The van der Waals surface area contributed by atoms with Crippen LogP contribution in [-0.4, -0.2) is 11.5 Å². The molecule has 0 unspecified atom stereocenters. The number of aromatic nitrogens is 1. The van der Waals surface area contributed by atoms with Crippen molar-refractivity contribution in [2.45, 2.75) is 52.0 Å². The first-order valence-corrected chi connectivity index (χ1v) is 6.97. The zero-order chi connectivity index (χ0) is 11.9. The monoisotopic (exact) mass is 232 g/mol. The number of hydrogen-bond acceptors (Lipinski definition) is 2. The third kappa shape index (κ3) is 4.47. The Morgan fingerprint density at radius 1 is 1.29 bits per heavy atom. The molecule has 1 N–H and O–H groups in total. The first kappa shape index (κ1) is 12.6. The molecule has 1 aromatic rings. The Labute approximate surface area is 105 Å². The Hall–Kier alpha value is -0.890. The Bertz CT molecular complexity index is 312. The quantitative estimate of drug-likeness (QED) is 0.760. The second kappa shape index (κ2) is 6.75. The number of hydrogen-bond donors (Lipinski definition) is 1. The fraction of sp³-hybridized carbons (Fsp3) is 0.667. The summed E-state index contributed by atoms with van der Waals surface area (Å²) in [7, 11) is 0. The van der Waals surface area contributed by atoms with Crippen LogP contribution in [0.15, 0.2) is 18.3 Å². The van der Waals surface area contributed by atoms with Gasteiger partial charge in [-0.15, -0.1) is 0 Å². The molecule has 0 aliphatic heterocycles. The van der Waals surface area contributed by atoms with Crippen molar-refractivity contribution in [2.75, 3.05) is 6.54 Å². The maximum atomic E-state index is 4.39. The molecule has 0 saturated heterocycles. The second-order valence-electron chi connectivity index (χ2n) is 5.30. The number of pyridine rings is 1. The van der Waals surface area contributed by atoms with Gasteiger partial charge >= 0.3 is 0 Å². The standard InChI is InChI=1S/C15H24N2/c1-13-8-9-15(17-11-13)12-16-10-4-7-14-5-2-3-6-14/h8-9,11,14,16H,2-7,10,12H2,1H3. The van der Waals surface area contributed by atoms with Gasteiger partial charge < -0.3 is 5.32 Å². The molecule has 17 heavy (non-hydrogen) atoms. The van der Waals surface area contributed by atoms with Crippen molar-refractivity contribution in [1.82, 2.24) is 10.3 Å². The molecule has 0 amide bonds. The minimum absolute atomic E-state index is 0.908. The van der Waals surface area contributed by atoms with Gasteiger partial charge in [0.1, 0.15) is 0 Å². The highest BCUT2D eigenvalue weighted by atomic mass is 14.9. The van der Waals surface area contributed by atoms with Crippen molar-refractivity contribution in [3.8, 4) is 0 Å². The van der Waals surface area contributed by atoms with Crippen LogP contribution in [0.1, 0.15) is 49.8 Å². The maximum absolute atomic E-state index is 4.39. The molecule has 0 bridgehead atoms. The van der Waals surface area contributed by atoms with Crippen molar-refractivity contribution in [3.63, 3.8) is 0 Å². The molecule has 2 rings (SSSR count). The SMILES string of the molecule is Cc1ccc(CNCCCC2CCCC2)nc1. The summed E-state index contributed by atoms with van der Waals surface area (Å²) >= 11 is 0. The fourth-order valence-corrected chi connectivity index (χ4v) is 2.63. The minimum atomic E-state index is 0.908. The molecule has 1 aliphatic rings. The Morgan fingerprint density at radius 2 is 2.12 bits per heavy atom. The predicted molar refractivity (Wildman–Crippen MR) is 71.9 cm³/mol. The van der Waals surface area contributed by atoms with E-state index in [0.29, 0.717) is 0 Å². The summed E-state index contributed by atoms with van der Waals surface area (Å²) < 4.78 is 0. The van der Waals surface area contributed by atoms with Gasteiger partial charge in [-0.05, 0) is 43.9 Å². The molecule has 1 aromatic heterocycles. The first-order valence-electron chi connectivity index (χ1n) is 6.97. The Kier molecular flexibility index (Phi) is 4.99. The van der Waals surface area contributed by atoms with Crippen molar-refractivity contribution < 1.29 is 0 Å². The van der Waals surface area contributed by atoms with Gasteiger partial charge in [0, 0.05) is 12.7 Å². The van der Waals surface area contributed by atoms with E-state index < -0.39 is 0 Å². The van der Waals surface area contributed by atoms with E-state index >= 15 is 0 Å². The third-order valence-corrected chi connectivity index (χ3v) is 3.72. The highest BCUT2D eigenvalue weighted by molar-refractivity contribution is 5.11. The van der Waals surface area contributed by atoms with Crippen molar-refractivity contribution in [3.05, 3.63) is 29.6 Å². The van der Waals surface area contributed by atoms with Crippen LogP contribution in [0.25, 0.3) is 0 Å². The number of nitrogens with zero attached hydrogens (tertiary/aromatic N) is 1. The smallest absolute Gasteiger partial charge is 0.0541 e. The minimum Gasteiger partial charge on any atom is -0.311 e. The van der Waals surface area contributed by atoms with Crippen LogP contribution in [0, 0.1) is 12.8 Å². The van der Waals surface area contributed by atoms with Crippen LogP contribution in [-0.2, 0) is 6.54 Å². The molecular formula is C15H24N2. The lowest BCUT2D eigenvalue weighted by atomic mass is 10.0. The van der Waals surface area contributed by atoms with E-state index in [2.05, 4.69) is 29.4 Å². The summed E-state index contributed by atoms with van der Waals surface area (Å²) in [4.78, 5) is 4.39. The molecule has 2 nitrogen and oxygen atoms in total. The average Bonchev–Trinajstić information content (AvgIpc) is 2.84. The van der Waals surface area contributed by atoms with Crippen molar-refractivity contribution in [2.24, 2.45) is 5.92 Å². The van der Waals surface area contributed by atoms with E-state index in [1.54, 1.807) is 0 Å². The molecular weight excluding hydrogens is 208 g/mol. The van der Waals surface area contributed by atoms with E-state index in [-0.39, 0.29) is 0 Å². The molecule has 1 heterocycles. The fourth-order valence-electron chi connectivity index (χ4n) is 2.63. The van der Waals surface area contributed by atoms with Gasteiger partial charge in [-0.3, -0.25) is 4.98 Å². The van der Waals surface area contributed by atoms with E-state index in [9.17, 15) is 0 Å². The lowest BCUT2D eigenvalue weighted by molar-refractivity contribution is 0.469. The van der Waals surface area contributed by atoms with Gasteiger partial charge in [0.25, 0.3) is 0 Å². The molecule has 0 atom stereocenters. The third-order valence-electron chi connectivity index (χ3n) is 3.72. The van der Waals surface area contributed by atoms with Crippen molar-refractivity contribution >= 4 is 0 Å². The van der Waals surface area contributed by atoms with Gasteiger partial charge in [0.2, 0.25) is 0 Å². The average molecular weight is 232 g/mol. The largest absolute Gasteiger partial charge is 0.311 e. The van der Waals surface area contributed by atoms with Crippen LogP contribution in [0.2, 0.25) is 0 Å². The van der Waals surface area contributed by atoms with Crippen LogP contribution in [0.4, 0.5) is 0 Å². The predicted octanol–water partition coefficient (Wildman–Crippen LogP) is 3.45. The van der Waals surface area contributed by atoms with Gasteiger partial charge in [-0.2, -0.15) is 0 Å². The first-order chi connectivity index (χ1) is 8.34. The zero-order valence-electron chi connectivity index (χ0n) is 10.9. The van der Waals surface area contributed by atoms with E-state index in [0.717, 1.165) is 24.7 Å². The summed E-state index contributed by atoms with van der Waals surface area (Å²) in [5.74, 6) is 1.02. The topological polar surface area (TPSA) is 24.9 Å². The molecule has 2 heteroatoms. The summed E-state index contributed by atoms with van der Waals surface area (Å²) in [5.41, 5.74) is 2.38. The lowest BCUT2D eigenvalue weighted by Crippen LogP contribution is -2.16. The summed E-state index contributed by atoms with van der Waals surface area (Å²) in [5, 5.41) is 3.48. The second-order valence-corrected chi connectivity index (χ2v) is 5.30. The van der Waals surface area contributed by atoms with Gasteiger partial charge in [0.15, 0.2) is 0 Å². The van der Waals surface area contributed by atoms with Crippen LogP contribution < -0.4 is 5.32 Å². The van der Waals surface area contributed by atoms with Crippen LogP contribution in [0.3, 0.4) is 0 Å². The van der Waals surface area contributed by atoms with Gasteiger partial charge in [-0.25, -0.2) is 0 Å². The van der Waals surface area contributed by atoms with E-state index in [4.69, 9.17) is 0 Å². The van der Waals surface area contributed by atoms with Gasteiger partial charge in [0.05, 0.1) is 5.69 Å². The summed E-state index contributed by atoms with van der Waals surface area (Å²) in [6, 6.07) is 4.24. The molecule has 0 spiro atoms. The molecule has 94 valence electrons. The number of rotatable bonds is 6. The van der Waals surface area contributed by atoms with Crippen molar-refractivity contribution in [1.29, 1.82) is 0 Å². The molecule has 1 aliphatic carbocycles. The Balaban J connectivity index is 1.55. The maximum Gasteiger partial charge on any atom is 0.0541 e. The summed E-state index contributed by atoms with van der Waals surface area (Å²) in [6.07, 6.45) is 10.5. The number of nitrogens with one attached hydrogen (secondary N) is 1. The van der Waals surface area contributed by atoms with E-state index in [1.165, 1.54) is 44.1 Å². The molecule has 1 fully saturated rings. The molecule has 1 saturated carbocycles. The number of aryl methyl sites for hydroxylation is 1. The summed E-state index contributed by atoms with van der Waals surface area (Å²) in [6.45, 7) is 4.11. The molecule has 0 radical (unpaired) electrons. The van der Waals surface area contributed by atoms with Gasteiger partial charge in [-0.1, -0.05) is 31.7 Å². The molecule has 0 aromatic carbocycles.